The van der Waals surface area contributed by atoms with Crippen LogP contribution in [0.2, 0.25) is 0 Å². The van der Waals surface area contributed by atoms with Gasteiger partial charge in [0.25, 0.3) is 0 Å². The van der Waals surface area contributed by atoms with E-state index in [0.29, 0.717) is 6.42 Å². The largest absolute Gasteiger partial charge is 0.468 e. The van der Waals surface area contributed by atoms with Crippen LogP contribution in [0.4, 0.5) is 0 Å². The molecule has 0 unspecified atom stereocenters. The van der Waals surface area contributed by atoms with Gasteiger partial charge in [0.15, 0.2) is 0 Å². The maximum Gasteiger partial charge on any atom is 0.325 e. The Labute approximate surface area is 102 Å². The van der Waals surface area contributed by atoms with Crippen LogP contribution in [0.15, 0.2) is 0 Å². The first-order valence-corrected chi connectivity index (χ1v) is 6.14. The standard InChI is InChI=1S/C12H22N2O3/c1-13-12(6-4-3-5-7-12)8-10(15)14-9-11(16)17-2/h13H,3-9H2,1-2H3,(H,14,15). The van der Waals surface area contributed by atoms with E-state index in [-0.39, 0.29) is 18.0 Å². The number of ether oxygens (including phenoxy) is 1. The summed E-state index contributed by atoms with van der Waals surface area (Å²) in [4.78, 5) is 22.6. The summed E-state index contributed by atoms with van der Waals surface area (Å²) in [5, 5.41) is 5.86. The molecule has 0 spiro atoms. The van der Waals surface area contributed by atoms with Gasteiger partial charge in [-0.1, -0.05) is 19.3 Å². The fraction of sp³-hybridized carbons (Fsp3) is 0.833. The van der Waals surface area contributed by atoms with Crippen molar-refractivity contribution in [3.8, 4) is 0 Å². The number of carbonyl (C=O) groups is 2. The lowest BCUT2D eigenvalue weighted by Gasteiger charge is -2.36. The molecule has 1 fully saturated rings. The van der Waals surface area contributed by atoms with Gasteiger partial charge >= 0.3 is 5.97 Å². The van der Waals surface area contributed by atoms with Crippen molar-refractivity contribution in [2.45, 2.75) is 44.1 Å². The van der Waals surface area contributed by atoms with E-state index in [9.17, 15) is 9.59 Å². The fourth-order valence-corrected chi connectivity index (χ4v) is 2.36. The summed E-state index contributed by atoms with van der Waals surface area (Å²) in [6.45, 7) is -0.0465. The van der Waals surface area contributed by atoms with E-state index in [1.165, 1.54) is 13.5 Å². The van der Waals surface area contributed by atoms with Crippen LogP contribution in [0.5, 0.6) is 0 Å². The fourth-order valence-electron chi connectivity index (χ4n) is 2.36. The maximum absolute atomic E-state index is 11.7. The molecule has 1 aliphatic carbocycles. The minimum atomic E-state index is -0.416. The van der Waals surface area contributed by atoms with E-state index in [4.69, 9.17) is 0 Å². The number of nitrogens with one attached hydrogen (secondary N) is 2. The highest BCUT2D eigenvalue weighted by atomic mass is 16.5. The van der Waals surface area contributed by atoms with Crippen LogP contribution in [0.1, 0.15) is 38.5 Å². The smallest absolute Gasteiger partial charge is 0.325 e. The van der Waals surface area contributed by atoms with Gasteiger partial charge in [0.1, 0.15) is 6.54 Å². The van der Waals surface area contributed by atoms with Gasteiger partial charge in [0.2, 0.25) is 5.91 Å². The highest BCUT2D eigenvalue weighted by molar-refractivity contribution is 5.82. The second kappa shape index (κ2) is 6.59. The molecular formula is C12H22N2O3. The number of hydrogen-bond donors (Lipinski definition) is 2. The first-order chi connectivity index (χ1) is 8.12. The molecule has 0 aliphatic heterocycles. The summed E-state index contributed by atoms with van der Waals surface area (Å²) in [6.07, 6.45) is 6.04. The molecule has 2 N–H and O–H groups in total. The molecule has 0 heterocycles. The minimum Gasteiger partial charge on any atom is -0.468 e. The molecule has 5 nitrogen and oxygen atoms in total. The van der Waals surface area contributed by atoms with Gasteiger partial charge in [-0.15, -0.1) is 0 Å². The first-order valence-electron chi connectivity index (χ1n) is 6.14. The molecule has 98 valence electrons. The van der Waals surface area contributed by atoms with Crippen molar-refractivity contribution < 1.29 is 14.3 Å². The minimum absolute atomic E-state index is 0.0465. The van der Waals surface area contributed by atoms with Crippen LogP contribution in [0.25, 0.3) is 0 Å². The molecule has 1 aliphatic rings. The number of carbonyl (C=O) groups excluding carboxylic acids is 2. The molecule has 17 heavy (non-hydrogen) atoms. The summed E-state index contributed by atoms with van der Waals surface area (Å²) < 4.78 is 4.47. The van der Waals surface area contributed by atoms with Crippen LogP contribution in [-0.2, 0) is 14.3 Å². The van der Waals surface area contributed by atoms with Crippen LogP contribution in [0.3, 0.4) is 0 Å². The second-order valence-electron chi connectivity index (χ2n) is 4.62. The Hall–Kier alpha value is -1.10. The third-order valence-corrected chi connectivity index (χ3v) is 3.50. The van der Waals surface area contributed by atoms with Crippen molar-refractivity contribution in [2.75, 3.05) is 20.7 Å². The highest BCUT2D eigenvalue weighted by Gasteiger charge is 2.32. The first kappa shape index (κ1) is 14.0. The Morgan fingerprint density at radius 1 is 1.24 bits per heavy atom. The van der Waals surface area contributed by atoms with Crippen molar-refractivity contribution in [3.63, 3.8) is 0 Å². The van der Waals surface area contributed by atoms with E-state index in [1.807, 2.05) is 7.05 Å². The quantitative estimate of drug-likeness (QED) is 0.692. The third-order valence-electron chi connectivity index (χ3n) is 3.50. The van der Waals surface area contributed by atoms with Crippen molar-refractivity contribution >= 4 is 11.9 Å². The van der Waals surface area contributed by atoms with E-state index >= 15 is 0 Å². The summed E-state index contributed by atoms with van der Waals surface area (Å²) in [5.74, 6) is -0.507. The van der Waals surface area contributed by atoms with Gasteiger partial charge < -0.3 is 15.4 Å². The Kier molecular flexibility index (Phi) is 5.41. The molecule has 0 aromatic carbocycles. The van der Waals surface area contributed by atoms with Crippen LogP contribution in [0, 0.1) is 0 Å². The van der Waals surface area contributed by atoms with Crippen LogP contribution in [-0.4, -0.2) is 38.1 Å². The normalized spacial score (nSPS) is 18.5. The van der Waals surface area contributed by atoms with Gasteiger partial charge in [0.05, 0.1) is 7.11 Å². The van der Waals surface area contributed by atoms with Crippen molar-refractivity contribution in [1.29, 1.82) is 0 Å². The summed E-state index contributed by atoms with van der Waals surface area (Å²) >= 11 is 0. The average molecular weight is 242 g/mol. The third kappa shape index (κ3) is 4.34. The molecule has 1 amide bonds. The molecule has 0 bridgehead atoms. The number of esters is 1. The van der Waals surface area contributed by atoms with Gasteiger partial charge in [-0.25, -0.2) is 0 Å². The molecular weight excluding hydrogens is 220 g/mol. The molecule has 0 radical (unpaired) electrons. The lowest BCUT2D eigenvalue weighted by Crippen LogP contribution is -2.48. The monoisotopic (exact) mass is 242 g/mol. The van der Waals surface area contributed by atoms with Gasteiger partial charge in [-0.3, -0.25) is 9.59 Å². The molecule has 0 aromatic rings. The summed E-state index contributed by atoms with van der Waals surface area (Å²) in [7, 11) is 3.21. The number of amides is 1. The summed E-state index contributed by atoms with van der Waals surface area (Å²) in [6, 6.07) is 0. The predicted molar refractivity (Wildman–Crippen MR) is 64.5 cm³/mol. The number of hydrogen-bond acceptors (Lipinski definition) is 4. The zero-order chi connectivity index (χ0) is 12.7. The van der Waals surface area contributed by atoms with E-state index < -0.39 is 5.97 Å². The van der Waals surface area contributed by atoms with Gasteiger partial charge in [-0.05, 0) is 19.9 Å². The molecule has 0 saturated heterocycles. The van der Waals surface area contributed by atoms with E-state index in [0.717, 1.165) is 25.7 Å². The summed E-state index contributed by atoms with van der Waals surface area (Å²) in [5.41, 5.74) is -0.0849. The topological polar surface area (TPSA) is 67.4 Å². The Morgan fingerprint density at radius 3 is 2.41 bits per heavy atom. The molecule has 0 aromatic heterocycles. The van der Waals surface area contributed by atoms with Crippen LogP contribution >= 0.6 is 0 Å². The maximum atomic E-state index is 11.7. The van der Waals surface area contributed by atoms with Gasteiger partial charge in [-0.2, -0.15) is 0 Å². The van der Waals surface area contributed by atoms with Crippen LogP contribution < -0.4 is 10.6 Å². The average Bonchev–Trinajstić information content (AvgIpc) is 2.37. The highest BCUT2D eigenvalue weighted by Crippen LogP contribution is 2.30. The lowest BCUT2D eigenvalue weighted by molar-refractivity contribution is -0.141. The number of rotatable bonds is 5. The Balaban J connectivity index is 2.39. The molecule has 1 rings (SSSR count). The Morgan fingerprint density at radius 2 is 1.88 bits per heavy atom. The van der Waals surface area contributed by atoms with Crippen molar-refractivity contribution in [1.82, 2.24) is 10.6 Å². The van der Waals surface area contributed by atoms with Crippen molar-refractivity contribution in [3.05, 3.63) is 0 Å². The molecule has 1 saturated carbocycles. The zero-order valence-electron chi connectivity index (χ0n) is 10.7. The van der Waals surface area contributed by atoms with Crippen molar-refractivity contribution in [2.24, 2.45) is 0 Å². The predicted octanol–water partition coefficient (Wildman–Crippen LogP) is 0.588. The Bertz CT molecular complexity index is 273. The SMILES string of the molecule is CNC1(CC(=O)NCC(=O)OC)CCCCC1. The zero-order valence-corrected chi connectivity index (χ0v) is 10.7. The molecule has 0 atom stereocenters. The second-order valence-corrected chi connectivity index (χ2v) is 4.62. The van der Waals surface area contributed by atoms with E-state index in [1.54, 1.807) is 0 Å². The van der Waals surface area contributed by atoms with Gasteiger partial charge in [0, 0.05) is 12.0 Å². The lowest BCUT2D eigenvalue weighted by atomic mass is 9.79. The van der Waals surface area contributed by atoms with E-state index in [2.05, 4.69) is 15.4 Å². The molecule has 5 heteroatoms. The number of methoxy groups -OCH3 is 1.